The predicted molar refractivity (Wildman–Crippen MR) is 94.1 cm³/mol. The molecule has 0 spiro atoms. The Morgan fingerprint density at radius 2 is 1.14 bits per heavy atom. The van der Waals surface area contributed by atoms with Gasteiger partial charge in [0.15, 0.2) is 14.7 Å². The highest BCUT2D eigenvalue weighted by Crippen LogP contribution is 2.32. The first-order valence-electron chi connectivity index (χ1n) is 6.64. The largest absolute Gasteiger partial charge is 0.207 e. The predicted octanol–water partition coefficient (Wildman–Crippen LogP) is 5.66. The summed E-state index contributed by atoms with van der Waals surface area (Å²) in [5.74, 6) is -0.561. The molecule has 3 rings (SSSR count). The maximum atomic E-state index is 13.6. The van der Waals surface area contributed by atoms with E-state index in [9.17, 15) is 8.78 Å². The molecule has 22 heavy (non-hydrogen) atoms. The van der Waals surface area contributed by atoms with Crippen LogP contribution in [0.3, 0.4) is 0 Å². The van der Waals surface area contributed by atoms with E-state index in [0.29, 0.717) is 0 Å². The SMILES string of the molecule is Fc1cccc([S+](c2ccc(I)cc2)c2cccc(F)c2)c1. The van der Waals surface area contributed by atoms with Gasteiger partial charge in [0.05, 0.1) is 10.9 Å². The van der Waals surface area contributed by atoms with E-state index in [4.69, 9.17) is 0 Å². The first-order valence-corrected chi connectivity index (χ1v) is 8.95. The second-order valence-electron chi connectivity index (χ2n) is 4.67. The molecule has 0 aliphatic carbocycles. The van der Waals surface area contributed by atoms with Gasteiger partial charge in [0.25, 0.3) is 0 Å². The van der Waals surface area contributed by atoms with Gasteiger partial charge < -0.3 is 0 Å². The van der Waals surface area contributed by atoms with E-state index < -0.39 is 10.9 Å². The smallest absolute Gasteiger partial charge is 0.169 e. The third-order valence-electron chi connectivity index (χ3n) is 3.11. The number of halogens is 3. The van der Waals surface area contributed by atoms with Crippen LogP contribution in [0.1, 0.15) is 0 Å². The molecule has 0 unspecified atom stereocenters. The summed E-state index contributed by atoms with van der Waals surface area (Å²) in [6.45, 7) is 0. The Kier molecular flexibility index (Phi) is 4.78. The lowest BCUT2D eigenvalue weighted by molar-refractivity contribution is 0.623. The summed E-state index contributed by atoms with van der Waals surface area (Å²) in [6.07, 6.45) is 0. The summed E-state index contributed by atoms with van der Waals surface area (Å²) in [5, 5.41) is 0. The van der Waals surface area contributed by atoms with Gasteiger partial charge in [0.2, 0.25) is 0 Å². The first-order chi connectivity index (χ1) is 10.6. The van der Waals surface area contributed by atoms with E-state index in [2.05, 4.69) is 22.6 Å². The van der Waals surface area contributed by atoms with Gasteiger partial charge in [-0.15, -0.1) is 0 Å². The second kappa shape index (κ2) is 6.79. The molecule has 110 valence electrons. The third kappa shape index (κ3) is 3.50. The van der Waals surface area contributed by atoms with Crippen molar-refractivity contribution in [2.75, 3.05) is 0 Å². The van der Waals surface area contributed by atoms with Crippen molar-refractivity contribution in [3.05, 3.63) is 88.0 Å². The fourth-order valence-electron chi connectivity index (χ4n) is 2.17. The van der Waals surface area contributed by atoms with Gasteiger partial charge in [-0.25, -0.2) is 8.78 Å². The highest BCUT2D eigenvalue weighted by Gasteiger charge is 2.29. The zero-order valence-electron chi connectivity index (χ0n) is 11.5. The average Bonchev–Trinajstić information content (AvgIpc) is 2.50. The standard InChI is InChI=1S/C18H12F2IS/c19-13-3-1-5-17(11-13)22(16-9-7-15(21)8-10-16)18-6-2-4-14(20)12-18/h1-12H/q+1. The van der Waals surface area contributed by atoms with E-state index in [1.807, 2.05) is 36.4 Å². The summed E-state index contributed by atoms with van der Waals surface area (Å²) in [7, 11) is -0.527. The normalized spacial score (nSPS) is 10.9. The summed E-state index contributed by atoms with van der Waals surface area (Å²) in [5.41, 5.74) is 0. The Morgan fingerprint density at radius 3 is 1.59 bits per heavy atom. The molecule has 3 aromatic carbocycles. The average molecular weight is 425 g/mol. The molecule has 0 atom stereocenters. The molecule has 0 nitrogen and oxygen atoms in total. The fraction of sp³-hybridized carbons (Fsp3) is 0. The molecular formula is C18H12F2IS+. The highest BCUT2D eigenvalue weighted by atomic mass is 127. The van der Waals surface area contributed by atoms with Crippen LogP contribution in [0.15, 0.2) is 87.5 Å². The van der Waals surface area contributed by atoms with Crippen LogP contribution in [-0.2, 0) is 10.9 Å². The topological polar surface area (TPSA) is 0 Å². The minimum atomic E-state index is -0.527. The van der Waals surface area contributed by atoms with Crippen molar-refractivity contribution in [3.63, 3.8) is 0 Å². The van der Waals surface area contributed by atoms with Gasteiger partial charge in [0.1, 0.15) is 11.6 Å². The van der Waals surface area contributed by atoms with Crippen molar-refractivity contribution in [1.82, 2.24) is 0 Å². The maximum absolute atomic E-state index is 13.6. The van der Waals surface area contributed by atoms with Crippen LogP contribution in [0.4, 0.5) is 8.78 Å². The molecule has 0 bridgehead atoms. The number of hydrogen-bond acceptors (Lipinski definition) is 0. The Morgan fingerprint density at radius 1 is 0.636 bits per heavy atom. The third-order valence-corrected chi connectivity index (χ3v) is 6.03. The van der Waals surface area contributed by atoms with Gasteiger partial charge in [-0.1, -0.05) is 12.1 Å². The summed E-state index contributed by atoms with van der Waals surface area (Å²) >= 11 is 2.24. The second-order valence-corrected chi connectivity index (χ2v) is 7.95. The molecule has 0 aliphatic heterocycles. The number of benzene rings is 3. The molecule has 0 aliphatic rings. The molecular weight excluding hydrogens is 413 g/mol. The zero-order chi connectivity index (χ0) is 15.5. The Balaban J connectivity index is 2.15. The number of rotatable bonds is 3. The molecule has 0 heterocycles. The molecule has 0 amide bonds. The van der Waals surface area contributed by atoms with Gasteiger partial charge in [-0.05, 0) is 71.1 Å². The van der Waals surface area contributed by atoms with Crippen LogP contribution < -0.4 is 0 Å². The van der Waals surface area contributed by atoms with Crippen molar-refractivity contribution < 1.29 is 8.78 Å². The monoisotopic (exact) mass is 425 g/mol. The molecule has 3 aromatic rings. The van der Waals surface area contributed by atoms with Gasteiger partial charge in [-0.3, -0.25) is 0 Å². The summed E-state index contributed by atoms with van der Waals surface area (Å²) < 4.78 is 28.4. The van der Waals surface area contributed by atoms with Crippen molar-refractivity contribution in [2.45, 2.75) is 14.7 Å². The lowest BCUT2D eigenvalue weighted by Crippen LogP contribution is -2.05. The van der Waals surface area contributed by atoms with E-state index in [1.165, 1.54) is 24.3 Å². The summed E-state index contributed by atoms with van der Waals surface area (Å²) in [6, 6.07) is 21.1. The van der Waals surface area contributed by atoms with Crippen LogP contribution in [0, 0.1) is 15.2 Å². The molecule has 4 heteroatoms. The van der Waals surface area contributed by atoms with Crippen molar-refractivity contribution in [2.24, 2.45) is 0 Å². The maximum Gasteiger partial charge on any atom is 0.169 e. The molecule has 0 fully saturated rings. The Bertz CT molecular complexity index is 742. The lowest BCUT2D eigenvalue weighted by atomic mass is 10.3. The van der Waals surface area contributed by atoms with Crippen molar-refractivity contribution in [1.29, 1.82) is 0 Å². The van der Waals surface area contributed by atoms with Crippen molar-refractivity contribution >= 4 is 33.5 Å². The molecule has 0 N–H and O–H groups in total. The van der Waals surface area contributed by atoms with E-state index in [0.717, 1.165) is 18.3 Å². The molecule has 0 saturated carbocycles. The Labute approximate surface area is 144 Å². The van der Waals surface area contributed by atoms with Crippen LogP contribution in [0.2, 0.25) is 0 Å². The van der Waals surface area contributed by atoms with E-state index >= 15 is 0 Å². The minimum absolute atomic E-state index is 0.281. The van der Waals surface area contributed by atoms with Crippen LogP contribution in [-0.4, -0.2) is 0 Å². The van der Waals surface area contributed by atoms with Crippen molar-refractivity contribution in [3.8, 4) is 0 Å². The van der Waals surface area contributed by atoms with Gasteiger partial charge in [0, 0.05) is 15.7 Å². The zero-order valence-corrected chi connectivity index (χ0v) is 14.4. The Hall–Kier alpha value is -1.40. The minimum Gasteiger partial charge on any atom is -0.207 e. The summed E-state index contributed by atoms with van der Waals surface area (Å²) in [4.78, 5) is 2.72. The lowest BCUT2D eigenvalue weighted by Gasteiger charge is -2.08. The van der Waals surface area contributed by atoms with Crippen LogP contribution in [0.25, 0.3) is 0 Å². The molecule has 0 aromatic heterocycles. The molecule has 0 radical (unpaired) electrons. The quantitative estimate of drug-likeness (QED) is 0.375. The number of hydrogen-bond donors (Lipinski definition) is 0. The highest BCUT2D eigenvalue weighted by molar-refractivity contribution is 14.1. The van der Waals surface area contributed by atoms with Crippen LogP contribution >= 0.6 is 22.6 Å². The first kappa shape index (κ1) is 15.5. The van der Waals surface area contributed by atoms with Gasteiger partial charge in [-0.2, -0.15) is 0 Å². The molecule has 0 saturated heterocycles. The van der Waals surface area contributed by atoms with Crippen LogP contribution in [0.5, 0.6) is 0 Å². The fourth-order valence-corrected chi connectivity index (χ4v) is 4.64. The van der Waals surface area contributed by atoms with Gasteiger partial charge >= 0.3 is 0 Å². The van der Waals surface area contributed by atoms with E-state index in [-0.39, 0.29) is 11.6 Å². The van der Waals surface area contributed by atoms with E-state index in [1.54, 1.807) is 12.1 Å².